The van der Waals surface area contributed by atoms with E-state index in [1.54, 1.807) is 44.2 Å². The number of amides is 1. The molecule has 0 fully saturated rings. The van der Waals surface area contributed by atoms with Crippen molar-refractivity contribution in [2.75, 3.05) is 12.2 Å². The number of H-pyrrole nitrogens is 2. The lowest BCUT2D eigenvalue weighted by Crippen LogP contribution is -2.31. The molecule has 158 valence electrons. The van der Waals surface area contributed by atoms with Gasteiger partial charge in [-0.05, 0) is 35.4 Å². The number of carbonyl (C=O) groups is 1. The highest BCUT2D eigenvalue weighted by atomic mass is 16.7. The van der Waals surface area contributed by atoms with Crippen molar-refractivity contribution in [2.45, 2.75) is 13.2 Å². The van der Waals surface area contributed by atoms with E-state index in [4.69, 9.17) is 14.3 Å². The van der Waals surface area contributed by atoms with Crippen LogP contribution in [0, 0.1) is 0 Å². The summed E-state index contributed by atoms with van der Waals surface area (Å²) in [6, 6.07) is 14.6. The lowest BCUT2D eigenvalue weighted by atomic mass is 10.1. The number of nitrogens with zero attached hydrogens (tertiary/aromatic N) is 3. The van der Waals surface area contributed by atoms with Crippen molar-refractivity contribution in [3.05, 3.63) is 84.7 Å². The molecule has 0 atom stereocenters. The fourth-order valence-corrected chi connectivity index (χ4v) is 2.89. The zero-order chi connectivity index (χ0) is 21.5. The van der Waals surface area contributed by atoms with E-state index in [0.717, 1.165) is 27.4 Å². The Morgan fingerprint density at radius 1 is 1.06 bits per heavy atom. The first-order valence-electron chi connectivity index (χ1n) is 9.52. The maximum atomic E-state index is 12.9. The Hall–Kier alpha value is -4.11. The van der Waals surface area contributed by atoms with Gasteiger partial charge in [0.15, 0.2) is 0 Å². The zero-order valence-corrected chi connectivity index (χ0v) is 16.8. The molecule has 0 radical (unpaired) electrons. The maximum Gasteiger partial charge on any atom is 0.439 e. The average Bonchev–Trinajstić information content (AvgIpc) is 3.53. The predicted octanol–water partition coefficient (Wildman–Crippen LogP) is 4.08. The number of aromatic nitrogens is 4. The second-order valence-corrected chi connectivity index (χ2v) is 6.58. The van der Waals surface area contributed by atoms with Gasteiger partial charge in [0.1, 0.15) is 19.0 Å². The Labute approximate surface area is 178 Å². The van der Waals surface area contributed by atoms with Crippen molar-refractivity contribution in [2.24, 2.45) is 0 Å². The van der Waals surface area contributed by atoms with Crippen molar-refractivity contribution >= 4 is 11.8 Å². The molecule has 4 aromatic rings. The highest BCUT2D eigenvalue weighted by Crippen LogP contribution is 2.24. The second kappa shape index (κ2) is 9.59. The van der Waals surface area contributed by atoms with E-state index < -0.39 is 6.09 Å². The van der Waals surface area contributed by atoms with Gasteiger partial charge in [0.25, 0.3) is 0 Å². The third-order valence-corrected chi connectivity index (χ3v) is 4.50. The third-order valence-electron chi connectivity index (χ3n) is 4.50. The molecular weight excluding hydrogens is 398 g/mol. The molecule has 0 saturated carbocycles. The Balaban J connectivity index is 1.49. The zero-order valence-electron chi connectivity index (χ0n) is 16.8. The first kappa shape index (κ1) is 20.2. The summed E-state index contributed by atoms with van der Waals surface area (Å²) in [6.07, 6.45) is 6.05. The smallest absolute Gasteiger partial charge is 0.439 e. The fraction of sp³-hybridized carbons (Fsp3) is 0.136. The van der Waals surface area contributed by atoms with Gasteiger partial charge < -0.3 is 14.5 Å². The normalized spacial score (nSPS) is 10.6. The van der Waals surface area contributed by atoms with Crippen molar-refractivity contribution in [3.63, 3.8) is 0 Å². The minimum absolute atomic E-state index is 0.0764. The Morgan fingerprint density at radius 2 is 1.94 bits per heavy atom. The van der Waals surface area contributed by atoms with E-state index in [9.17, 15) is 4.79 Å². The molecule has 0 aliphatic carbocycles. The maximum absolute atomic E-state index is 12.9. The number of methoxy groups -OCH3 is 1. The molecule has 0 unspecified atom stereocenters. The van der Waals surface area contributed by atoms with Crippen molar-refractivity contribution < 1.29 is 19.1 Å². The summed E-state index contributed by atoms with van der Waals surface area (Å²) in [5.74, 6) is 0.690. The molecule has 2 aromatic heterocycles. The topological polar surface area (TPSA) is 105 Å². The van der Waals surface area contributed by atoms with Crippen LogP contribution < -0.4 is 9.80 Å². The van der Waals surface area contributed by atoms with Crippen LogP contribution in [0.25, 0.3) is 11.1 Å². The molecule has 31 heavy (non-hydrogen) atoms. The molecule has 9 heteroatoms. The number of carbonyl (C=O) groups excluding carboxylic acids is 1. The van der Waals surface area contributed by atoms with E-state index >= 15 is 0 Å². The minimum Gasteiger partial charge on any atom is -0.497 e. The van der Waals surface area contributed by atoms with E-state index in [0.29, 0.717) is 11.4 Å². The van der Waals surface area contributed by atoms with Crippen LogP contribution in [0.15, 0.2) is 73.4 Å². The number of ether oxygens (including phenoxy) is 2. The number of hydroxylamine groups is 1. The quantitative estimate of drug-likeness (QED) is 0.417. The van der Waals surface area contributed by atoms with Crippen LogP contribution in [-0.2, 0) is 22.8 Å². The first-order valence-corrected chi connectivity index (χ1v) is 9.52. The largest absolute Gasteiger partial charge is 0.497 e. The number of benzene rings is 2. The van der Waals surface area contributed by atoms with Gasteiger partial charge in [-0.3, -0.25) is 9.94 Å². The van der Waals surface area contributed by atoms with Gasteiger partial charge in [-0.25, -0.2) is 9.78 Å². The average molecular weight is 419 g/mol. The predicted molar refractivity (Wildman–Crippen MR) is 113 cm³/mol. The molecule has 2 aromatic carbocycles. The van der Waals surface area contributed by atoms with Crippen LogP contribution in [0.5, 0.6) is 5.75 Å². The molecule has 4 rings (SSSR count). The minimum atomic E-state index is -0.640. The summed E-state index contributed by atoms with van der Waals surface area (Å²) in [5, 5.41) is 7.86. The van der Waals surface area contributed by atoms with E-state index in [-0.39, 0.29) is 13.2 Å². The number of hydrogen-bond acceptors (Lipinski definition) is 6. The summed E-state index contributed by atoms with van der Waals surface area (Å²) in [4.78, 5) is 25.5. The van der Waals surface area contributed by atoms with Crippen LogP contribution in [0.1, 0.15) is 11.3 Å². The molecule has 0 bridgehead atoms. The highest BCUT2D eigenvalue weighted by molar-refractivity contribution is 5.85. The van der Waals surface area contributed by atoms with E-state index in [1.807, 2.05) is 36.4 Å². The van der Waals surface area contributed by atoms with Crippen molar-refractivity contribution in [1.29, 1.82) is 0 Å². The number of nitrogens with one attached hydrogen (secondary N) is 2. The highest BCUT2D eigenvalue weighted by Gasteiger charge is 2.20. The Kier molecular flexibility index (Phi) is 6.24. The summed E-state index contributed by atoms with van der Waals surface area (Å²) >= 11 is 0. The molecule has 0 spiro atoms. The van der Waals surface area contributed by atoms with Gasteiger partial charge in [0.05, 0.1) is 37.2 Å². The standard InChI is InChI=1S/C22H21N5O4/c1-29-21-4-2-3-16(9-21)13-30-22(28)27(31-14-19-12-23-15-24-19)20-7-5-17(6-8-20)18-10-25-26-11-18/h2-12,15H,13-14H2,1H3,(H,23,24)(H,25,26). The van der Waals surface area contributed by atoms with E-state index in [1.165, 1.54) is 0 Å². The molecule has 0 saturated heterocycles. The summed E-state index contributed by atoms with van der Waals surface area (Å²) in [5.41, 5.74) is 3.95. The van der Waals surface area contributed by atoms with Crippen LogP contribution in [0.2, 0.25) is 0 Å². The van der Waals surface area contributed by atoms with Crippen molar-refractivity contribution in [1.82, 2.24) is 20.2 Å². The van der Waals surface area contributed by atoms with Crippen LogP contribution >= 0.6 is 0 Å². The Morgan fingerprint density at radius 3 is 2.65 bits per heavy atom. The number of imidazole rings is 1. The molecule has 0 aliphatic heterocycles. The van der Waals surface area contributed by atoms with E-state index in [2.05, 4.69) is 20.2 Å². The lowest BCUT2D eigenvalue weighted by Gasteiger charge is -2.21. The summed E-state index contributed by atoms with van der Waals surface area (Å²) in [7, 11) is 1.59. The molecule has 9 nitrogen and oxygen atoms in total. The molecule has 2 heterocycles. The number of hydrogen-bond donors (Lipinski definition) is 2. The second-order valence-electron chi connectivity index (χ2n) is 6.58. The summed E-state index contributed by atoms with van der Waals surface area (Å²) in [6.45, 7) is 0.199. The number of rotatable bonds is 8. The summed E-state index contributed by atoms with van der Waals surface area (Å²) < 4.78 is 10.7. The SMILES string of the molecule is COc1cccc(COC(=O)N(OCc2cnc[nH]2)c2ccc(-c3cn[nH]c3)cc2)c1. The van der Waals surface area contributed by atoms with Crippen molar-refractivity contribution in [3.8, 4) is 16.9 Å². The third kappa shape index (κ3) is 5.09. The van der Waals surface area contributed by atoms with Gasteiger partial charge in [-0.15, -0.1) is 0 Å². The van der Waals surface area contributed by atoms with Gasteiger partial charge in [-0.2, -0.15) is 10.2 Å². The molecular formula is C22H21N5O4. The number of anilines is 1. The molecule has 1 amide bonds. The Bertz CT molecular complexity index is 1100. The molecule has 2 N–H and O–H groups in total. The van der Waals surface area contributed by atoms with Crippen LogP contribution in [-0.4, -0.2) is 33.4 Å². The lowest BCUT2D eigenvalue weighted by molar-refractivity contribution is 0.0627. The monoisotopic (exact) mass is 419 g/mol. The van der Waals surface area contributed by atoms with Gasteiger partial charge in [0.2, 0.25) is 0 Å². The van der Waals surface area contributed by atoms with Gasteiger partial charge in [-0.1, -0.05) is 24.3 Å². The van der Waals surface area contributed by atoms with Crippen LogP contribution in [0.3, 0.4) is 0 Å². The molecule has 0 aliphatic rings. The van der Waals surface area contributed by atoms with Gasteiger partial charge in [0, 0.05) is 11.8 Å². The fourth-order valence-electron chi connectivity index (χ4n) is 2.89. The first-order chi connectivity index (χ1) is 15.2. The number of aromatic amines is 2. The van der Waals surface area contributed by atoms with Crippen LogP contribution in [0.4, 0.5) is 10.5 Å². The van der Waals surface area contributed by atoms with Gasteiger partial charge >= 0.3 is 6.09 Å².